The Morgan fingerprint density at radius 3 is 2.18 bits per heavy atom. The molecule has 1 heterocycles. The van der Waals surface area contributed by atoms with E-state index in [2.05, 4.69) is 4.90 Å². The molecule has 6 heteroatoms. The van der Waals surface area contributed by atoms with Gasteiger partial charge in [0.05, 0.1) is 11.0 Å². The predicted octanol–water partition coefficient (Wildman–Crippen LogP) is 0.295. The first-order valence-corrected chi connectivity index (χ1v) is 7.07. The summed E-state index contributed by atoms with van der Waals surface area (Å²) in [6.07, 6.45) is 1.28. The molecule has 0 saturated carbocycles. The summed E-state index contributed by atoms with van der Waals surface area (Å²) in [4.78, 5) is 2.25. The number of rotatable bonds is 2. The van der Waals surface area contributed by atoms with Crippen LogP contribution in [0.5, 0.6) is 0 Å². The van der Waals surface area contributed by atoms with Gasteiger partial charge in [-0.1, -0.05) is 0 Å². The first kappa shape index (κ1) is 12.3. The zero-order chi connectivity index (χ0) is 12.5. The molecule has 0 aromatic heterocycles. The number of nitrogens with zero attached hydrogens (tertiary/aromatic N) is 1. The highest BCUT2D eigenvalue weighted by Crippen LogP contribution is 2.21. The van der Waals surface area contributed by atoms with Gasteiger partial charge in [-0.15, -0.1) is 0 Å². The fourth-order valence-corrected chi connectivity index (χ4v) is 2.49. The lowest BCUT2D eigenvalue weighted by atomic mass is 10.1. The standard InChI is InChI=1S/C11H16N2O3S/c12-17(15,16)11-3-1-9(2-4-11)13-7-5-10(14)6-8-13/h1-4,10,14H,5-8H2,(H2,12,15,16). The molecule has 0 bridgehead atoms. The maximum Gasteiger partial charge on any atom is 0.238 e. The van der Waals surface area contributed by atoms with Gasteiger partial charge in [-0.25, -0.2) is 13.6 Å². The Morgan fingerprint density at radius 2 is 1.71 bits per heavy atom. The molecule has 1 saturated heterocycles. The third-order valence-corrected chi connectivity index (χ3v) is 3.92. The number of anilines is 1. The molecule has 3 N–H and O–H groups in total. The molecule has 2 rings (SSSR count). The molecule has 1 aliphatic rings. The van der Waals surface area contributed by atoms with Crippen LogP contribution in [0.4, 0.5) is 5.69 Å². The van der Waals surface area contributed by atoms with Crippen LogP contribution in [0.3, 0.4) is 0 Å². The van der Waals surface area contributed by atoms with Crippen LogP contribution in [0.15, 0.2) is 29.2 Å². The van der Waals surface area contributed by atoms with E-state index in [9.17, 15) is 13.5 Å². The zero-order valence-corrected chi connectivity index (χ0v) is 10.2. The fourth-order valence-electron chi connectivity index (χ4n) is 1.97. The molecule has 0 radical (unpaired) electrons. The summed E-state index contributed by atoms with van der Waals surface area (Å²) in [6.45, 7) is 1.58. The van der Waals surface area contributed by atoms with Gasteiger partial charge in [-0.3, -0.25) is 0 Å². The Labute approximate surface area is 101 Å². The minimum Gasteiger partial charge on any atom is -0.393 e. The molecule has 0 unspecified atom stereocenters. The van der Waals surface area contributed by atoms with E-state index in [0.717, 1.165) is 31.6 Å². The summed E-state index contributed by atoms with van der Waals surface area (Å²) >= 11 is 0. The normalized spacial score (nSPS) is 18.4. The van der Waals surface area contributed by atoms with Crippen molar-refractivity contribution in [3.8, 4) is 0 Å². The van der Waals surface area contributed by atoms with Gasteiger partial charge in [0, 0.05) is 18.8 Å². The molecule has 94 valence electrons. The predicted molar refractivity (Wildman–Crippen MR) is 65.3 cm³/mol. The highest BCUT2D eigenvalue weighted by molar-refractivity contribution is 7.89. The van der Waals surface area contributed by atoms with Crippen molar-refractivity contribution in [2.45, 2.75) is 23.8 Å². The van der Waals surface area contributed by atoms with Gasteiger partial charge in [0.25, 0.3) is 0 Å². The van der Waals surface area contributed by atoms with Crippen molar-refractivity contribution in [3.05, 3.63) is 24.3 Å². The van der Waals surface area contributed by atoms with E-state index in [4.69, 9.17) is 5.14 Å². The van der Waals surface area contributed by atoms with Crippen LogP contribution in [-0.2, 0) is 10.0 Å². The van der Waals surface area contributed by atoms with E-state index in [1.165, 1.54) is 12.1 Å². The van der Waals surface area contributed by atoms with Gasteiger partial charge in [0.15, 0.2) is 0 Å². The molecule has 1 aromatic rings. The molecular weight excluding hydrogens is 240 g/mol. The van der Waals surface area contributed by atoms with Crippen molar-refractivity contribution in [2.24, 2.45) is 5.14 Å². The van der Waals surface area contributed by atoms with Crippen LogP contribution >= 0.6 is 0 Å². The lowest BCUT2D eigenvalue weighted by molar-refractivity contribution is 0.145. The SMILES string of the molecule is NS(=O)(=O)c1ccc(N2CCC(O)CC2)cc1. The second kappa shape index (κ2) is 4.64. The van der Waals surface area contributed by atoms with Crippen molar-refractivity contribution >= 4 is 15.7 Å². The Hall–Kier alpha value is -1.11. The second-order valence-corrected chi connectivity index (χ2v) is 5.82. The van der Waals surface area contributed by atoms with E-state index in [1.807, 2.05) is 0 Å². The minimum absolute atomic E-state index is 0.123. The Bertz CT molecular complexity index is 476. The van der Waals surface area contributed by atoms with Crippen LogP contribution in [0.2, 0.25) is 0 Å². The lowest BCUT2D eigenvalue weighted by Crippen LogP contribution is -2.35. The van der Waals surface area contributed by atoms with Crippen molar-refractivity contribution in [2.75, 3.05) is 18.0 Å². The maximum atomic E-state index is 11.1. The van der Waals surface area contributed by atoms with Crippen LogP contribution in [0.25, 0.3) is 0 Å². The summed E-state index contributed by atoms with van der Waals surface area (Å²) in [7, 11) is -3.62. The van der Waals surface area contributed by atoms with Gasteiger partial charge in [-0.2, -0.15) is 0 Å². The first-order chi connectivity index (χ1) is 7.97. The van der Waals surface area contributed by atoms with E-state index in [-0.39, 0.29) is 11.0 Å². The molecular formula is C11H16N2O3S. The number of aliphatic hydroxyl groups excluding tert-OH is 1. The lowest BCUT2D eigenvalue weighted by Gasteiger charge is -2.31. The van der Waals surface area contributed by atoms with Crippen LogP contribution < -0.4 is 10.0 Å². The molecule has 5 nitrogen and oxygen atoms in total. The summed E-state index contributed by atoms with van der Waals surface area (Å²) in [6, 6.07) is 6.51. The number of nitrogens with two attached hydrogens (primary N) is 1. The average molecular weight is 256 g/mol. The highest BCUT2D eigenvalue weighted by Gasteiger charge is 2.17. The smallest absolute Gasteiger partial charge is 0.238 e. The largest absolute Gasteiger partial charge is 0.393 e. The summed E-state index contributed by atoms with van der Waals surface area (Å²) < 4.78 is 22.2. The molecule has 1 fully saturated rings. The number of sulfonamides is 1. The first-order valence-electron chi connectivity index (χ1n) is 5.53. The summed E-state index contributed by atoms with van der Waals surface area (Å²) in [5.74, 6) is 0. The number of hydrogen-bond donors (Lipinski definition) is 2. The Balaban J connectivity index is 2.13. The summed E-state index contributed by atoms with van der Waals surface area (Å²) in [5.41, 5.74) is 0.962. The second-order valence-electron chi connectivity index (χ2n) is 4.26. The Kier molecular flexibility index (Phi) is 3.37. The van der Waals surface area contributed by atoms with E-state index >= 15 is 0 Å². The maximum absolute atomic E-state index is 11.1. The van der Waals surface area contributed by atoms with Gasteiger partial charge in [0.2, 0.25) is 10.0 Å². The number of benzene rings is 1. The quantitative estimate of drug-likeness (QED) is 0.797. The van der Waals surface area contributed by atoms with Crippen molar-refractivity contribution in [3.63, 3.8) is 0 Å². The minimum atomic E-state index is -3.62. The van der Waals surface area contributed by atoms with E-state index in [1.54, 1.807) is 12.1 Å². The molecule has 0 amide bonds. The molecule has 0 aliphatic carbocycles. The van der Waals surface area contributed by atoms with Crippen LogP contribution in [0, 0.1) is 0 Å². The number of piperidine rings is 1. The molecule has 0 spiro atoms. The average Bonchev–Trinajstić information content (AvgIpc) is 2.29. The summed E-state index contributed by atoms with van der Waals surface area (Å²) in [5, 5.41) is 14.4. The Morgan fingerprint density at radius 1 is 1.18 bits per heavy atom. The van der Waals surface area contributed by atoms with Crippen molar-refractivity contribution in [1.82, 2.24) is 0 Å². The third-order valence-electron chi connectivity index (χ3n) is 2.99. The van der Waals surface area contributed by atoms with Crippen LogP contribution in [-0.4, -0.2) is 32.7 Å². The van der Waals surface area contributed by atoms with E-state index in [0.29, 0.717) is 0 Å². The molecule has 1 aliphatic heterocycles. The number of hydrogen-bond acceptors (Lipinski definition) is 4. The molecule has 17 heavy (non-hydrogen) atoms. The number of aliphatic hydroxyl groups is 1. The van der Waals surface area contributed by atoms with Crippen LogP contribution in [0.1, 0.15) is 12.8 Å². The highest BCUT2D eigenvalue weighted by atomic mass is 32.2. The third kappa shape index (κ3) is 2.96. The topological polar surface area (TPSA) is 83.6 Å². The van der Waals surface area contributed by atoms with Crippen molar-refractivity contribution in [1.29, 1.82) is 0 Å². The number of primary sulfonamides is 1. The van der Waals surface area contributed by atoms with E-state index < -0.39 is 10.0 Å². The van der Waals surface area contributed by atoms with Crippen molar-refractivity contribution < 1.29 is 13.5 Å². The van der Waals surface area contributed by atoms with Gasteiger partial charge in [-0.05, 0) is 37.1 Å². The zero-order valence-electron chi connectivity index (χ0n) is 9.41. The fraction of sp³-hybridized carbons (Fsp3) is 0.455. The monoisotopic (exact) mass is 256 g/mol. The van der Waals surface area contributed by atoms with Gasteiger partial charge < -0.3 is 10.0 Å². The van der Waals surface area contributed by atoms with Gasteiger partial charge >= 0.3 is 0 Å². The molecule has 1 aromatic carbocycles. The molecule has 0 atom stereocenters. The van der Waals surface area contributed by atoms with Gasteiger partial charge in [0.1, 0.15) is 0 Å².